The normalized spacial score (nSPS) is 17.2. The number of nitrogens with one attached hydrogen (secondary N) is 2. The lowest BCUT2D eigenvalue weighted by molar-refractivity contribution is -0.253. The summed E-state index contributed by atoms with van der Waals surface area (Å²) < 4.78 is 91.2. The summed E-state index contributed by atoms with van der Waals surface area (Å²) in [7, 11) is 0. The van der Waals surface area contributed by atoms with Crippen LogP contribution in [-0.4, -0.2) is 37.8 Å². The van der Waals surface area contributed by atoms with Crippen molar-refractivity contribution in [3.63, 3.8) is 0 Å². The molecule has 2 atom stereocenters. The maximum absolute atomic E-state index is 14.8. The first-order valence-electron chi connectivity index (χ1n) is 11.7. The maximum atomic E-state index is 14.8. The van der Waals surface area contributed by atoms with E-state index in [9.17, 15) is 31.1 Å². The van der Waals surface area contributed by atoms with Gasteiger partial charge in [-0.25, -0.2) is 13.6 Å². The van der Waals surface area contributed by atoms with E-state index in [1.165, 1.54) is 12.1 Å². The molecule has 1 aliphatic heterocycles. The first-order chi connectivity index (χ1) is 18.1. The summed E-state index contributed by atoms with van der Waals surface area (Å²) in [5.41, 5.74) is -0.839. The molecule has 0 aromatic heterocycles. The second kappa shape index (κ2) is 11.3. The van der Waals surface area contributed by atoms with E-state index in [0.29, 0.717) is 24.7 Å². The largest absolute Gasteiger partial charge is 0.461 e. The molecule has 2 N–H and O–H groups in total. The van der Waals surface area contributed by atoms with Gasteiger partial charge in [-0.05, 0) is 47.4 Å². The molecular formula is C27H24F6N2O3. The Morgan fingerprint density at radius 1 is 0.974 bits per heavy atom. The van der Waals surface area contributed by atoms with Crippen molar-refractivity contribution in [2.75, 3.05) is 13.2 Å². The lowest BCUT2D eigenvalue weighted by Gasteiger charge is -2.37. The van der Waals surface area contributed by atoms with Crippen molar-refractivity contribution < 1.29 is 40.6 Å². The van der Waals surface area contributed by atoms with Gasteiger partial charge in [0.05, 0.1) is 18.2 Å². The fraction of sp³-hybridized carbons (Fsp3) is 0.296. The van der Waals surface area contributed by atoms with Crippen molar-refractivity contribution in [3.8, 4) is 5.75 Å². The second-order valence-electron chi connectivity index (χ2n) is 8.87. The molecule has 1 saturated heterocycles. The van der Waals surface area contributed by atoms with Crippen LogP contribution >= 0.6 is 0 Å². The molecule has 2 unspecified atom stereocenters. The van der Waals surface area contributed by atoms with Gasteiger partial charge in [-0.1, -0.05) is 42.5 Å². The fourth-order valence-corrected chi connectivity index (χ4v) is 4.33. The SMILES string of the molecule is O=C(NC1CCOC1)NC(Cc1ccccc1)(c1ccc(F)cc1)c1cc(F)cc(OC(F)(F)C(F)F)c1. The molecule has 5 nitrogen and oxygen atoms in total. The Balaban J connectivity index is 1.86. The summed E-state index contributed by atoms with van der Waals surface area (Å²) >= 11 is 0. The Hall–Kier alpha value is -3.73. The van der Waals surface area contributed by atoms with Gasteiger partial charge >= 0.3 is 18.6 Å². The van der Waals surface area contributed by atoms with Gasteiger partial charge in [-0.15, -0.1) is 0 Å². The summed E-state index contributed by atoms with van der Waals surface area (Å²) in [6.45, 7) is 0.720. The van der Waals surface area contributed by atoms with Crippen LogP contribution in [0.3, 0.4) is 0 Å². The third-order valence-corrected chi connectivity index (χ3v) is 6.11. The van der Waals surface area contributed by atoms with Gasteiger partial charge in [0, 0.05) is 19.1 Å². The summed E-state index contributed by atoms with van der Waals surface area (Å²) in [5.74, 6) is -2.54. The van der Waals surface area contributed by atoms with Gasteiger partial charge in [0.1, 0.15) is 17.4 Å². The predicted molar refractivity (Wildman–Crippen MR) is 126 cm³/mol. The van der Waals surface area contributed by atoms with E-state index in [4.69, 9.17) is 4.74 Å². The van der Waals surface area contributed by atoms with Gasteiger partial charge in [0.25, 0.3) is 0 Å². The highest BCUT2D eigenvalue weighted by molar-refractivity contribution is 5.76. The number of halogens is 6. The molecule has 4 rings (SSSR count). The van der Waals surface area contributed by atoms with Gasteiger partial charge < -0.3 is 20.1 Å². The van der Waals surface area contributed by atoms with Gasteiger partial charge in [0.15, 0.2) is 0 Å². The van der Waals surface area contributed by atoms with Gasteiger partial charge in [-0.2, -0.15) is 17.6 Å². The minimum atomic E-state index is -4.89. The van der Waals surface area contributed by atoms with Crippen LogP contribution in [0.25, 0.3) is 0 Å². The standard InChI is InChI=1S/C27H24F6N2O3/c28-20-8-6-18(7-9-20)26(15-17-4-2-1-3-5-17,35-25(36)34-22-10-11-37-16-22)19-12-21(29)14-23(13-19)38-27(32,33)24(30)31/h1-9,12-14,22,24H,10-11,15-16H2,(H2,34,35,36). The Labute approximate surface area is 214 Å². The van der Waals surface area contributed by atoms with E-state index in [0.717, 1.165) is 24.3 Å². The molecule has 0 radical (unpaired) electrons. The van der Waals surface area contributed by atoms with Crippen LogP contribution in [0.4, 0.5) is 31.1 Å². The molecule has 0 bridgehead atoms. The number of amides is 2. The van der Waals surface area contributed by atoms with E-state index in [-0.39, 0.29) is 30.2 Å². The minimum absolute atomic E-state index is 0.0395. The van der Waals surface area contributed by atoms with Gasteiger partial charge in [-0.3, -0.25) is 0 Å². The minimum Gasteiger partial charge on any atom is -0.428 e. The number of ether oxygens (including phenoxy) is 2. The number of carbonyl (C=O) groups is 1. The molecule has 0 saturated carbocycles. The van der Waals surface area contributed by atoms with Crippen LogP contribution < -0.4 is 15.4 Å². The Bertz CT molecular complexity index is 1240. The number of alkyl halides is 4. The van der Waals surface area contributed by atoms with Crippen LogP contribution in [0, 0.1) is 11.6 Å². The van der Waals surface area contributed by atoms with Crippen molar-refractivity contribution in [3.05, 3.63) is 101 Å². The lowest BCUT2D eigenvalue weighted by atomic mass is 9.77. The van der Waals surface area contributed by atoms with E-state index in [1.807, 2.05) is 0 Å². The highest BCUT2D eigenvalue weighted by Gasteiger charge is 2.45. The third kappa shape index (κ3) is 6.39. The number of rotatable bonds is 9. The van der Waals surface area contributed by atoms with Crippen molar-refractivity contribution in [2.45, 2.75) is 37.0 Å². The van der Waals surface area contributed by atoms with E-state index in [1.54, 1.807) is 30.3 Å². The molecule has 38 heavy (non-hydrogen) atoms. The molecule has 1 fully saturated rings. The Morgan fingerprint density at radius 2 is 1.68 bits per heavy atom. The van der Waals surface area contributed by atoms with Crippen LogP contribution in [0.5, 0.6) is 5.75 Å². The Morgan fingerprint density at radius 3 is 2.32 bits per heavy atom. The Kier molecular flexibility index (Phi) is 8.15. The van der Waals surface area contributed by atoms with E-state index in [2.05, 4.69) is 15.4 Å². The van der Waals surface area contributed by atoms with Gasteiger partial charge in [0.2, 0.25) is 0 Å². The average molecular weight is 538 g/mol. The molecule has 1 heterocycles. The molecule has 0 spiro atoms. The highest BCUT2D eigenvalue weighted by Crippen LogP contribution is 2.38. The molecular weight excluding hydrogens is 514 g/mol. The van der Waals surface area contributed by atoms with Crippen molar-refractivity contribution >= 4 is 6.03 Å². The zero-order valence-corrected chi connectivity index (χ0v) is 19.9. The van der Waals surface area contributed by atoms with Crippen LogP contribution in [0.1, 0.15) is 23.1 Å². The smallest absolute Gasteiger partial charge is 0.428 e. The lowest BCUT2D eigenvalue weighted by Crippen LogP contribution is -2.54. The van der Waals surface area contributed by atoms with Crippen LogP contribution in [-0.2, 0) is 16.7 Å². The van der Waals surface area contributed by atoms with E-state index < -0.39 is 41.5 Å². The highest BCUT2D eigenvalue weighted by atomic mass is 19.3. The zero-order chi connectivity index (χ0) is 27.3. The topological polar surface area (TPSA) is 59.6 Å². The summed E-state index contributed by atoms with van der Waals surface area (Å²) in [5, 5.41) is 5.57. The quantitative estimate of drug-likeness (QED) is 0.340. The van der Waals surface area contributed by atoms with Crippen molar-refractivity contribution in [2.24, 2.45) is 0 Å². The number of carbonyl (C=O) groups excluding carboxylic acids is 1. The summed E-state index contributed by atoms with van der Waals surface area (Å²) in [4.78, 5) is 13.2. The first-order valence-corrected chi connectivity index (χ1v) is 11.7. The number of hydrogen-bond donors (Lipinski definition) is 2. The molecule has 3 aromatic rings. The summed E-state index contributed by atoms with van der Waals surface area (Å²) in [6, 6.07) is 15.1. The van der Waals surface area contributed by atoms with Crippen LogP contribution in [0.15, 0.2) is 72.8 Å². The monoisotopic (exact) mass is 538 g/mol. The molecule has 11 heteroatoms. The van der Waals surface area contributed by atoms with Crippen molar-refractivity contribution in [1.29, 1.82) is 0 Å². The van der Waals surface area contributed by atoms with Crippen LogP contribution in [0.2, 0.25) is 0 Å². The molecule has 3 aromatic carbocycles. The zero-order valence-electron chi connectivity index (χ0n) is 19.9. The first kappa shape index (κ1) is 27.3. The second-order valence-corrected chi connectivity index (χ2v) is 8.87. The molecule has 2 amide bonds. The summed E-state index contributed by atoms with van der Waals surface area (Å²) in [6.07, 6.45) is -8.55. The van der Waals surface area contributed by atoms with E-state index >= 15 is 0 Å². The number of urea groups is 1. The number of hydrogen-bond acceptors (Lipinski definition) is 3. The number of benzene rings is 3. The fourth-order valence-electron chi connectivity index (χ4n) is 4.33. The third-order valence-electron chi connectivity index (χ3n) is 6.11. The maximum Gasteiger partial charge on any atom is 0.461 e. The molecule has 0 aliphatic carbocycles. The van der Waals surface area contributed by atoms with Crippen molar-refractivity contribution in [1.82, 2.24) is 10.6 Å². The predicted octanol–water partition coefficient (Wildman–Crippen LogP) is 5.78. The molecule has 202 valence electrons. The average Bonchev–Trinajstić information content (AvgIpc) is 3.37. The molecule has 1 aliphatic rings.